The van der Waals surface area contributed by atoms with E-state index in [4.69, 9.17) is 4.74 Å². The Hall–Kier alpha value is -0.990. The lowest BCUT2D eigenvalue weighted by Gasteiger charge is -2.07. The zero-order valence-electron chi connectivity index (χ0n) is 8.67. The summed E-state index contributed by atoms with van der Waals surface area (Å²) in [5.74, 6) is 0.390. The molecule has 0 aromatic heterocycles. The van der Waals surface area contributed by atoms with E-state index in [-0.39, 0.29) is 6.09 Å². The quantitative estimate of drug-likeness (QED) is 0.527. The molecule has 76 valence electrons. The number of amides is 1. The Bertz CT molecular complexity index is 164. The Morgan fingerprint density at radius 3 is 2.77 bits per heavy atom. The van der Waals surface area contributed by atoms with E-state index in [1.807, 2.05) is 32.9 Å². The van der Waals surface area contributed by atoms with Gasteiger partial charge in [0, 0.05) is 6.54 Å². The van der Waals surface area contributed by atoms with E-state index in [1.54, 1.807) is 0 Å². The van der Waals surface area contributed by atoms with Gasteiger partial charge >= 0.3 is 6.09 Å². The molecule has 3 nitrogen and oxygen atoms in total. The van der Waals surface area contributed by atoms with Crippen LogP contribution in [-0.2, 0) is 4.74 Å². The number of allylic oxidation sites excluding steroid dienone is 1. The second kappa shape index (κ2) is 7.65. The molecule has 1 N–H and O–H groups in total. The van der Waals surface area contributed by atoms with Crippen LogP contribution in [-0.4, -0.2) is 19.2 Å². The predicted octanol–water partition coefficient (Wildman–Crippen LogP) is 2.33. The molecule has 0 aliphatic rings. The fourth-order valence-electron chi connectivity index (χ4n) is 0.718. The Morgan fingerprint density at radius 2 is 2.23 bits per heavy atom. The van der Waals surface area contributed by atoms with E-state index in [1.165, 1.54) is 0 Å². The van der Waals surface area contributed by atoms with Crippen molar-refractivity contribution in [1.82, 2.24) is 5.32 Å². The third-order valence-corrected chi connectivity index (χ3v) is 1.36. The number of alkyl carbamates (subject to hydrolysis) is 1. The molecular formula is C10H19NO2. The largest absolute Gasteiger partial charge is 0.449 e. The van der Waals surface area contributed by atoms with Gasteiger partial charge in [0.25, 0.3) is 0 Å². The fourth-order valence-corrected chi connectivity index (χ4v) is 0.718. The Kier molecular flexibility index (Phi) is 7.07. The number of carbonyl (C=O) groups is 1. The molecule has 0 aliphatic heterocycles. The van der Waals surface area contributed by atoms with Gasteiger partial charge in [0.2, 0.25) is 0 Å². The minimum Gasteiger partial charge on any atom is -0.449 e. The summed E-state index contributed by atoms with van der Waals surface area (Å²) >= 11 is 0. The SMILES string of the molecule is C/C=C/CCNC(=O)OCC(C)C. The predicted molar refractivity (Wildman–Crippen MR) is 53.6 cm³/mol. The minimum atomic E-state index is -0.321. The minimum absolute atomic E-state index is 0.321. The molecule has 0 saturated heterocycles. The van der Waals surface area contributed by atoms with Crippen LogP contribution >= 0.6 is 0 Å². The topological polar surface area (TPSA) is 38.3 Å². The Morgan fingerprint density at radius 1 is 1.54 bits per heavy atom. The number of nitrogens with one attached hydrogen (secondary N) is 1. The van der Waals surface area contributed by atoms with E-state index < -0.39 is 0 Å². The summed E-state index contributed by atoms with van der Waals surface area (Å²) in [6, 6.07) is 0. The van der Waals surface area contributed by atoms with Gasteiger partial charge in [0.15, 0.2) is 0 Å². The molecule has 0 aliphatic carbocycles. The van der Waals surface area contributed by atoms with Crippen molar-refractivity contribution in [3.63, 3.8) is 0 Å². The van der Waals surface area contributed by atoms with E-state index in [0.29, 0.717) is 19.1 Å². The lowest BCUT2D eigenvalue weighted by molar-refractivity contribution is 0.133. The van der Waals surface area contributed by atoms with Crippen molar-refractivity contribution in [2.75, 3.05) is 13.2 Å². The molecule has 1 amide bonds. The molecule has 0 rings (SSSR count). The van der Waals surface area contributed by atoms with Gasteiger partial charge in [0.1, 0.15) is 0 Å². The van der Waals surface area contributed by atoms with E-state index in [9.17, 15) is 4.79 Å². The average molecular weight is 185 g/mol. The molecule has 0 saturated carbocycles. The molecule has 0 bridgehead atoms. The molecule has 0 aromatic rings. The monoisotopic (exact) mass is 185 g/mol. The highest BCUT2D eigenvalue weighted by Gasteiger charge is 2.01. The summed E-state index contributed by atoms with van der Waals surface area (Å²) in [5, 5.41) is 2.66. The third kappa shape index (κ3) is 8.92. The highest BCUT2D eigenvalue weighted by Crippen LogP contribution is 1.92. The fraction of sp³-hybridized carbons (Fsp3) is 0.700. The first kappa shape index (κ1) is 12.0. The number of rotatable bonds is 5. The normalized spacial score (nSPS) is 10.8. The highest BCUT2D eigenvalue weighted by atomic mass is 16.5. The summed E-state index contributed by atoms with van der Waals surface area (Å²) < 4.78 is 4.91. The first-order chi connectivity index (χ1) is 6.16. The zero-order chi connectivity index (χ0) is 10.1. The standard InChI is InChI=1S/C10H19NO2/c1-4-5-6-7-11-10(12)13-8-9(2)3/h4-5,9H,6-8H2,1-3H3,(H,11,12)/b5-4+. The molecule has 0 spiro atoms. The van der Waals surface area contributed by atoms with Crippen LogP contribution in [0.2, 0.25) is 0 Å². The Labute approximate surface area is 80.2 Å². The van der Waals surface area contributed by atoms with Crippen molar-refractivity contribution >= 4 is 6.09 Å². The summed E-state index contributed by atoms with van der Waals surface area (Å²) in [4.78, 5) is 11.0. The maximum Gasteiger partial charge on any atom is 0.407 e. The number of carbonyl (C=O) groups excluding carboxylic acids is 1. The van der Waals surface area contributed by atoms with Crippen LogP contribution in [0, 0.1) is 5.92 Å². The maximum atomic E-state index is 11.0. The van der Waals surface area contributed by atoms with Gasteiger partial charge in [-0.3, -0.25) is 0 Å². The van der Waals surface area contributed by atoms with Gasteiger partial charge in [0.05, 0.1) is 6.61 Å². The van der Waals surface area contributed by atoms with Gasteiger partial charge in [-0.25, -0.2) is 4.79 Å². The van der Waals surface area contributed by atoms with Crippen molar-refractivity contribution in [2.24, 2.45) is 5.92 Å². The van der Waals surface area contributed by atoms with Crippen molar-refractivity contribution in [3.05, 3.63) is 12.2 Å². The molecule has 0 aromatic carbocycles. The van der Waals surface area contributed by atoms with Crippen LogP contribution in [0.1, 0.15) is 27.2 Å². The van der Waals surface area contributed by atoms with Crippen molar-refractivity contribution in [2.45, 2.75) is 27.2 Å². The maximum absolute atomic E-state index is 11.0. The van der Waals surface area contributed by atoms with Crippen molar-refractivity contribution in [1.29, 1.82) is 0 Å². The summed E-state index contributed by atoms with van der Waals surface area (Å²) in [6.45, 7) is 7.09. The van der Waals surface area contributed by atoms with Gasteiger partial charge in [-0.2, -0.15) is 0 Å². The molecule has 3 heteroatoms. The smallest absolute Gasteiger partial charge is 0.407 e. The summed E-state index contributed by atoms with van der Waals surface area (Å²) in [6.07, 6.45) is 4.50. The van der Waals surface area contributed by atoms with Crippen LogP contribution in [0.5, 0.6) is 0 Å². The van der Waals surface area contributed by atoms with E-state index >= 15 is 0 Å². The number of hydrogen-bond donors (Lipinski definition) is 1. The van der Waals surface area contributed by atoms with Crippen molar-refractivity contribution in [3.8, 4) is 0 Å². The van der Waals surface area contributed by atoms with Crippen LogP contribution in [0.3, 0.4) is 0 Å². The van der Waals surface area contributed by atoms with Crippen LogP contribution in [0.15, 0.2) is 12.2 Å². The highest BCUT2D eigenvalue weighted by molar-refractivity contribution is 5.67. The van der Waals surface area contributed by atoms with Crippen LogP contribution < -0.4 is 5.32 Å². The van der Waals surface area contributed by atoms with Gasteiger partial charge in [-0.15, -0.1) is 0 Å². The molecular weight excluding hydrogens is 166 g/mol. The number of hydrogen-bond acceptors (Lipinski definition) is 2. The number of ether oxygens (including phenoxy) is 1. The van der Waals surface area contributed by atoms with Gasteiger partial charge in [-0.1, -0.05) is 26.0 Å². The average Bonchev–Trinajstić information content (AvgIpc) is 2.09. The lowest BCUT2D eigenvalue weighted by Crippen LogP contribution is -2.26. The molecule has 13 heavy (non-hydrogen) atoms. The summed E-state index contributed by atoms with van der Waals surface area (Å²) in [7, 11) is 0. The first-order valence-corrected chi connectivity index (χ1v) is 4.68. The van der Waals surface area contributed by atoms with Crippen LogP contribution in [0.4, 0.5) is 4.79 Å². The van der Waals surface area contributed by atoms with E-state index in [2.05, 4.69) is 5.32 Å². The van der Waals surface area contributed by atoms with Crippen molar-refractivity contribution < 1.29 is 9.53 Å². The molecule has 0 atom stereocenters. The summed E-state index contributed by atoms with van der Waals surface area (Å²) in [5.41, 5.74) is 0. The Balaban J connectivity index is 3.30. The zero-order valence-corrected chi connectivity index (χ0v) is 8.67. The van der Waals surface area contributed by atoms with Gasteiger partial charge in [-0.05, 0) is 19.3 Å². The molecule has 0 heterocycles. The van der Waals surface area contributed by atoms with E-state index in [0.717, 1.165) is 6.42 Å². The lowest BCUT2D eigenvalue weighted by atomic mass is 10.2. The molecule has 0 radical (unpaired) electrons. The van der Waals surface area contributed by atoms with Crippen LogP contribution in [0.25, 0.3) is 0 Å². The third-order valence-electron chi connectivity index (χ3n) is 1.36. The molecule has 0 fully saturated rings. The van der Waals surface area contributed by atoms with Gasteiger partial charge < -0.3 is 10.1 Å². The second-order valence-corrected chi connectivity index (χ2v) is 3.28. The molecule has 0 unspecified atom stereocenters. The second-order valence-electron chi connectivity index (χ2n) is 3.28. The first-order valence-electron chi connectivity index (χ1n) is 4.68.